The van der Waals surface area contributed by atoms with Gasteiger partial charge in [-0.1, -0.05) is 30.3 Å². The third-order valence-electron chi connectivity index (χ3n) is 6.01. The molecule has 0 saturated carbocycles. The normalized spacial score (nSPS) is 12.3. The quantitative estimate of drug-likeness (QED) is 0.279. The minimum atomic E-state index is -4.42. The van der Waals surface area contributed by atoms with Gasteiger partial charge in [-0.05, 0) is 29.8 Å². The number of carbonyl (C=O) groups is 1. The number of nitrogens with zero attached hydrogens (tertiary/aromatic N) is 3. The number of rotatable bonds is 11. The molecule has 3 N–H and O–H groups in total. The number of hydrogen-bond acceptors (Lipinski definition) is 7. The maximum atomic E-state index is 14.6. The van der Waals surface area contributed by atoms with E-state index in [1.807, 2.05) is 0 Å². The van der Waals surface area contributed by atoms with Crippen molar-refractivity contribution in [2.75, 3.05) is 14.2 Å². The first-order chi connectivity index (χ1) is 19.1. The number of hydrogen-bond donors (Lipinski definition) is 2. The Balaban J connectivity index is 1.82. The maximum Gasteiger partial charge on any atom is 0.299 e. The van der Waals surface area contributed by atoms with E-state index in [0.717, 1.165) is 23.1 Å². The second kappa shape index (κ2) is 11.8. The molecular weight excluding hydrogens is 551 g/mol. The number of nitrogens with two attached hydrogens (primary N) is 1. The fourth-order valence-corrected chi connectivity index (χ4v) is 5.29. The van der Waals surface area contributed by atoms with Crippen LogP contribution in [0.25, 0.3) is 5.69 Å². The van der Waals surface area contributed by atoms with Gasteiger partial charge in [0.1, 0.15) is 28.5 Å². The van der Waals surface area contributed by atoms with Crippen LogP contribution in [-0.2, 0) is 21.4 Å². The van der Waals surface area contributed by atoms with Crippen LogP contribution >= 0.6 is 0 Å². The topological polar surface area (TPSA) is 138 Å². The van der Waals surface area contributed by atoms with E-state index in [-0.39, 0.29) is 23.4 Å². The number of amides is 1. The van der Waals surface area contributed by atoms with E-state index in [4.69, 9.17) is 15.2 Å². The first kappa shape index (κ1) is 28.6. The van der Waals surface area contributed by atoms with Crippen molar-refractivity contribution in [3.63, 3.8) is 0 Å². The smallest absolute Gasteiger partial charge is 0.299 e. The van der Waals surface area contributed by atoms with Gasteiger partial charge in [0.15, 0.2) is 0 Å². The van der Waals surface area contributed by atoms with Crippen LogP contribution in [0.4, 0.5) is 13.2 Å². The number of halogens is 3. The number of sulfonamides is 1. The highest BCUT2D eigenvalue weighted by Gasteiger charge is 2.28. The van der Waals surface area contributed by atoms with Gasteiger partial charge in [0.25, 0.3) is 6.43 Å². The summed E-state index contributed by atoms with van der Waals surface area (Å²) < 4.78 is 82.0. The van der Waals surface area contributed by atoms with Gasteiger partial charge in [0, 0.05) is 23.7 Å². The molecule has 4 rings (SSSR count). The van der Waals surface area contributed by atoms with E-state index in [1.54, 1.807) is 18.2 Å². The Morgan fingerprint density at radius 1 is 1.07 bits per heavy atom. The van der Waals surface area contributed by atoms with Crippen LogP contribution in [-0.4, -0.2) is 43.3 Å². The lowest BCUT2D eigenvalue weighted by atomic mass is 9.90. The number of nitrogens with one attached hydrogen (secondary N) is 1. The fourth-order valence-electron chi connectivity index (χ4n) is 4.06. The molecule has 0 radical (unpaired) electrons. The number of primary amides is 1. The van der Waals surface area contributed by atoms with Crippen LogP contribution < -0.4 is 19.9 Å². The Kier molecular flexibility index (Phi) is 8.40. The number of carbonyl (C=O) groups excluding carboxylic acids is 1. The highest BCUT2D eigenvalue weighted by atomic mass is 32.2. The minimum Gasteiger partial charge on any atom is -0.497 e. The molecule has 0 aliphatic rings. The summed E-state index contributed by atoms with van der Waals surface area (Å²) in [4.78, 5) is 15.5. The number of aromatic nitrogens is 3. The van der Waals surface area contributed by atoms with Crippen molar-refractivity contribution in [2.45, 2.75) is 23.8 Å². The average molecular weight is 576 g/mol. The third kappa shape index (κ3) is 5.92. The molecule has 1 amide bonds. The molecular formula is C26H24F3N5O5S. The summed E-state index contributed by atoms with van der Waals surface area (Å²) in [6.07, 6.45) is -2.06. The van der Waals surface area contributed by atoms with Crippen LogP contribution in [0, 0.1) is 5.82 Å². The Hall–Kier alpha value is -4.43. The van der Waals surface area contributed by atoms with Gasteiger partial charge in [0.2, 0.25) is 21.8 Å². The van der Waals surface area contributed by atoms with Crippen molar-refractivity contribution in [2.24, 2.45) is 5.73 Å². The molecule has 3 aromatic carbocycles. The van der Waals surface area contributed by atoms with Crippen LogP contribution in [0.15, 0.2) is 71.9 Å². The molecule has 1 atom stereocenters. The molecule has 210 valence electrons. The van der Waals surface area contributed by atoms with Gasteiger partial charge >= 0.3 is 0 Å². The largest absolute Gasteiger partial charge is 0.497 e. The summed E-state index contributed by atoms with van der Waals surface area (Å²) >= 11 is 0. The summed E-state index contributed by atoms with van der Waals surface area (Å²) in [6, 6.07) is 13.9. The molecule has 0 bridgehead atoms. The lowest BCUT2D eigenvalue weighted by Crippen LogP contribution is -2.27. The predicted octanol–water partition coefficient (Wildman–Crippen LogP) is 3.46. The van der Waals surface area contributed by atoms with Gasteiger partial charge < -0.3 is 15.2 Å². The SMILES string of the molecule is COc1ccc(CNS(=O)(=O)c2cc(C(C(N)=O)c3ccccc3F)ccc2-n2cnc(C(F)F)n2)c(OC)c1. The Labute approximate surface area is 227 Å². The molecule has 0 aliphatic carbocycles. The summed E-state index contributed by atoms with van der Waals surface area (Å²) in [6.45, 7) is -0.231. The molecule has 40 heavy (non-hydrogen) atoms. The lowest BCUT2D eigenvalue weighted by Gasteiger charge is -2.19. The van der Waals surface area contributed by atoms with Crippen molar-refractivity contribution < 1.29 is 35.9 Å². The standard InChI is InChI=1S/C26H24F3N5O5S/c1-38-17-9-7-16(21(12-17)39-2)13-32-40(36,37)22-11-15(23(25(30)35)18-5-3-4-6-19(18)27)8-10-20(22)34-14-31-26(33-34)24(28)29/h3-12,14,23-24,32H,13H2,1-2H3,(H2,30,35). The number of ether oxygens (including phenoxy) is 2. The molecule has 0 saturated heterocycles. The van der Waals surface area contributed by atoms with Crippen LogP contribution in [0.2, 0.25) is 0 Å². The molecule has 1 unspecified atom stereocenters. The Morgan fingerprint density at radius 3 is 2.45 bits per heavy atom. The van der Waals surface area contributed by atoms with E-state index >= 15 is 0 Å². The van der Waals surface area contributed by atoms with Gasteiger partial charge in [-0.3, -0.25) is 4.79 Å². The van der Waals surface area contributed by atoms with E-state index in [9.17, 15) is 26.4 Å². The Bertz CT molecular complexity index is 1650. The Morgan fingerprint density at radius 2 is 1.82 bits per heavy atom. The highest BCUT2D eigenvalue weighted by molar-refractivity contribution is 7.89. The summed E-state index contributed by atoms with van der Waals surface area (Å²) in [5, 5.41) is 3.68. The van der Waals surface area contributed by atoms with E-state index < -0.39 is 44.8 Å². The molecule has 0 aliphatic heterocycles. The van der Waals surface area contributed by atoms with Gasteiger partial charge in [-0.25, -0.2) is 36.0 Å². The van der Waals surface area contributed by atoms with Crippen molar-refractivity contribution in [1.29, 1.82) is 0 Å². The lowest BCUT2D eigenvalue weighted by molar-refractivity contribution is -0.118. The molecule has 4 aromatic rings. The zero-order valence-electron chi connectivity index (χ0n) is 21.2. The van der Waals surface area contributed by atoms with Crippen LogP contribution in [0.3, 0.4) is 0 Å². The van der Waals surface area contributed by atoms with E-state index in [2.05, 4.69) is 14.8 Å². The second-order valence-corrected chi connectivity index (χ2v) is 10.2. The monoisotopic (exact) mass is 575 g/mol. The predicted molar refractivity (Wildman–Crippen MR) is 137 cm³/mol. The van der Waals surface area contributed by atoms with Crippen molar-refractivity contribution >= 4 is 15.9 Å². The van der Waals surface area contributed by atoms with Gasteiger partial charge in [0.05, 0.1) is 25.8 Å². The van der Waals surface area contributed by atoms with Crippen LogP contribution in [0.5, 0.6) is 11.5 Å². The summed E-state index contributed by atoms with van der Waals surface area (Å²) in [5.74, 6) is -2.98. The van der Waals surface area contributed by atoms with Crippen molar-refractivity contribution in [3.05, 3.63) is 95.3 Å². The molecule has 0 fully saturated rings. The van der Waals surface area contributed by atoms with Crippen LogP contribution in [0.1, 0.15) is 34.9 Å². The summed E-state index contributed by atoms with van der Waals surface area (Å²) in [5.41, 5.74) is 5.91. The zero-order chi connectivity index (χ0) is 29.0. The van der Waals surface area contributed by atoms with Crippen molar-refractivity contribution in [1.82, 2.24) is 19.5 Å². The van der Waals surface area contributed by atoms with E-state index in [1.165, 1.54) is 44.6 Å². The van der Waals surface area contributed by atoms with Crippen molar-refractivity contribution in [3.8, 4) is 17.2 Å². The highest BCUT2D eigenvalue weighted by Crippen LogP contribution is 2.32. The number of benzene rings is 3. The molecule has 1 aromatic heterocycles. The average Bonchev–Trinajstić information content (AvgIpc) is 3.43. The fraction of sp³-hybridized carbons (Fsp3) is 0.192. The first-order valence-electron chi connectivity index (χ1n) is 11.6. The van der Waals surface area contributed by atoms with E-state index in [0.29, 0.717) is 17.1 Å². The molecule has 10 nitrogen and oxygen atoms in total. The molecule has 14 heteroatoms. The maximum absolute atomic E-state index is 14.6. The zero-order valence-corrected chi connectivity index (χ0v) is 22.0. The third-order valence-corrected chi connectivity index (χ3v) is 7.44. The van der Waals surface area contributed by atoms with Gasteiger partial charge in [-0.2, -0.15) is 0 Å². The first-order valence-corrected chi connectivity index (χ1v) is 13.1. The molecule has 0 spiro atoms. The number of alkyl halides is 2. The molecule has 1 heterocycles. The number of methoxy groups -OCH3 is 2. The second-order valence-electron chi connectivity index (χ2n) is 8.43. The van der Waals surface area contributed by atoms with Gasteiger partial charge in [-0.15, -0.1) is 5.10 Å². The minimum absolute atomic E-state index is 0.0537. The summed E-state index contributed by atoms with van der Waals surface area (Å²) in [7, 11) is -1.54.